The third-order valence-electron chi connectivity index (χ3n) is 9.72. The second-order valence-corrected chi connectivity index (χ2v) is 12.9. The molecule has 3 aliphatic rings. The molecule has 0 saturated heterocycles. The van der Waals surface area contributed by atoms with Crippen molar-refractivity contribution in [2.75, 3.05) is 5.32 Å². The summed E-state index contributed by atoms with van der Waals surface area (Å²) >= 11 is 0. The van der Waals surface area contributed by atoms with Crippen molar-refractivity contribution in [1.29, 1.82) is 0 Å². The van der Waals surface area contributed by atoms with Crippen molar-refractivity contribution in [2.24, 2.45) is 17.6 Å². The number of aliphatic hydroxyl groups excluding tert-OH is 2. The van der Waals surface area contributed by atoms with E-state index in [1.807, 2.05) is 0 Å². The normalized spacial score (nSPS) is 22.6. The van der Waals surface area contributed by atoms with Crippen LogP contribution in [-0.2, 0) is 25.6 Å². The quantitative estimate of drug-likeness (QED) is 0.0751. The topological polar surface area (TPSA) is 187 Å². The van der Waals surface area contributed by atoms with E-state index in [1.54, 1.807) is 12.1 Å². The van der Waals surface area contributed by atoms with E-state index in [9.17, 15) is 39.6 Å². The summed E-state index contributed by atoms with van der Waals surface area (Å²) in [6.07, 6.45) is 15.8. The van der Waals surface area contributed by atoms with E-state index < -0.39 is 57.8 Å². The first-order valence-corrected chi connectivity index (χ1v) is 16.6. The molecule has 246 valence electrons. The summed E-state index contributed by atoms with van der Waals surface area (Å²) in [5, 5.41) is 47.0. The number of carbonyl (C=O) groups is 4. The number of phenolic OH excluding ortho intramolecular Hbond substituents is 1. The molecule has 0 radical (unpaired) electrons. The number of hydrogen-bond acceptors (Lipinski definition) is 8. The number of amides is 2. The van der Waals surface area contributed by atoms with Crippen molar-refractivity contribution >= 4 is 34.8 Å². The van der Waals surface area contributed by atoms with Crippen LogP contribution in [0.3, 0.4) is 0 Å². The van der Waals surface area contributed by atoms with Crippen LogP contribution in [0.5, 0.6) is 5.75 Å². The minimum Gasteiger partial charge on any atom is -0.508 e. The van der Waals surface area contributed by atoms with Crippen LogP contribution in [0.1, 0.15) is 121 Å². The maximum atomic E-state index is 13.6. The van der Waals surface area contributed by atoms with Crippen molar-refractivity contribution < 1.29 is 39.6 Å². The molecule has 0 heterocycles. The lowest BCUT2D eigenvalue weighted by molar-refractivity contribution is -0.147. The van der Waals surface area contributed by atoms with Crippen LogP contribution in [-0.4, -0.2) is 49.4 Å². The molecule has 4 rings (SSSR count). The molecule has 3 aliphatic carbocycles. The number of carbonyl (C=O) groups excluding carboxylic acids is 4. The second kappa shape index (κ2) is 15.1. The second-order valence-electron chi connectivity index (χ2n) is 12.9. The molecule has 0 aromatic heterocycles. The summed E-state index contributed by atoms with van der Waals surface area (Å²) in [7, 11) is 0. The first-order valence-electron chi connectivity index (χ1n) is 16.6. The van der Waals surface area contributed by atoms with Gasteiger partial charge in [0.15, 0.2) is 11.4 Å². The fourth-order valence-corrected chi connectivity index (χ4v) is 7.21. The molecule has 0 aliphatic heterocycles. The first kappa shape index (κ1) is 34.2. The molecular formula is C35H48N2O8. The van der Waals surface area contributed by atoms with Crippen molar-refractivity contribution in [1.82, 2.24) is 0 Å². The molecule has 10 heteroatoms. The molecule has 0 bridgehead atoms. The first-order chi connectivity index (χ1) is 21.5. The predicted molar refractivity (Wildman–Crippen MR) is 170 cm³/mol. The van der Waals surface area contributed by atoms with Gasteiger partial charge in [0.2, 0.25) is 11.7 Å². The van der Waals surface area contributed by atoms with Gasteiger partial charge < -0.3 is 31.5 Å². The van der Waals surface area contributed by atoms with Crippen LogP contribution < -0.4 is 11.1 Å². The van der Waals surface area contributed by atoms with Crippen molar-refractivity contribution in [3.8, 4) is 5.75 Å². The van der Waals surface area contributed by atoms with Crippen molar-refractivity contribution in [2.45, 2.75) is 122 Å². The van der Waals surface area contributed by atoms with Gasteiger partial charge in [-0.3, -0.25) is 19.2 Å². The van der Waals surface area contributed by atoms with E-state index in [4.69, 9.17) is 5.73 Å². The standard InChI is InChI=1S/C35H48N2O8/c1-2-3-4-5-6-7-8-9-10-11-12-13-14-15-26(39)37-24-17-16-21-18-22-19-23-20-25(38)29(34(36)44)33(43)35(23,45)32(42)28(22)31(41)27(21)30(24)40/h16-17,22-23,40-41,43,45H,2-15,18-20H2,1H3,(H2,36,44)(H,37,39)/t22?,23?,35-/m0/s1. The highest BCUT2D eigenvalue weighted by atomic mass is 16.3. The van der Waals surface area contributed by atoms with E-state index >= 15 is 0 Å². The molecular weight excluding hydrogens is 576 g/mol. The number of anilines is 1. The number of aromatic hydroxyl groups is 1. The summed E-state index contributed by atoms with van der Waals surface area (Å²) in [4.78, 5) is 50.5. The summed E-state index contributed by atoms with van der Waals surface area (Å²) in [6, 6.07) is 3.20. The number of phenols is 1. The average molecular weight is 625 g/mol. The van der Waals surface area contributed by atoms with E-state index in [0.717, 1.165) is 19.3 Å². The fraction of sp³-hybridized carbons (Fsp3) is 0.600. The highest BCUT2D eigenvalue weighted by molar-refractivity contribution is 6.22. The molecule has 1 fully saturated rings. The number of nitrogens with two attached hydrogens (primary N) is 1. The molecule has 2 unspecified atom stereocenters. The van der Waals surface area contributed by atoms with Gasteiger partial charge in [-0.15, -0.1) is 0 Å². The number of benzene rings is 1. The van der Waals surface area contributed by atoms with E-state index in [-0.39, 0.29) is 48.4 Å². The van der Waals surface area contributed by atoms with Crippen molar-refractivity contribution in [3.05, 3.63) is 40.2 Å². The summed E-state index contributed by atoms with van der Waals surface area (Å²) < 4.78 is 0. The number of primary amides is 1. The summed E-state index contributed by atoms with van der Waals surface area (Å²) in [5.74, 6) is -7.04. The third-order valence-corrected chi connectivity index (χ3v) is 9.72. The lowest BCUT2D eigenvalue weighted by atomic mass is 9.59. The Kier molecular flexibility index (Phi) is 11.5. The monoisotopic (exact) mass is 624 g/mol. The maximum Gasteiger partial charge on any atom is 0.255 e. The van der Waals surface area contributed by atoms with Gasteiger partial charge in [-0.2, -0.15) is 0 Å². The number of Topliss-reactive ketones (excluding diaryl/α,β-unsaturated/α-hetero) is 2. The number of rotatable bonds is 16. The smallest absolute Gasteiger partial charge is 0.255 e. The largest absolute Gasteiger partial charge is 0.508 e. The van der Waals surface area contributed by atoms with E-state index in [1.165, 1.54) is 57.8 Å². The van der Waals surface area contributed by atoms with Gasteiger partial charge in [-0.1, -0.05) is 90.0 Å². The molecule has 7 N–H and O–H groups in total. The van der Waals surface area contributed by atoms with Crippen LogP contribution in [0, 0.1) is 11.8 Å². The minimum absolute atomic E-state index is 0.0408. The fourth-order valence-electron chi connectivity index (χ4n) is 7.21. The molecule has 1 aromatic carbocycles. The Hall–Kier alpha value is -3.66. The van der Waals surface area contributed by atoms with Gasteiger partial charge in [-0.05, 0) is 36.8 Å². The summed E-state index contributed by atoms with van der Waals surface area (Å²) in [5.41, 5.74) is 2.16. The van der Waals surface area contributed by atoms with Gasteiger partial charge in [0.05, 0.1) is 11.3 Å². The molecule has 2 amide bonds. The molecule has 0 spiro atoms. The Morgan fingerprint density at radius 1 is 0.889 bits per heavy atom. The number of ketones is 2. The third kappa shape index (κ3) is 7.27. The van der Waals surface area contributed by atoms with Gasteiger partial charge >= 0.3 is 0 Å². The van der Waals surface area contributed by atoms with Crippen LogP contribution in [0.2, 0.25) is 0 Å². The molecule has 45 heavy (non-hydrogen) atoms. The van der Waals surface area contributed by atoms with E-state index in [0.29, 0.717) is 12.0 Å². The average Bonchev–Trinajstić information content (AvgIpc) is 2.98. The number of fused-ring (bicyclic) bond motifs is 3. The van der Waals surface area contributed by atoms with Crippen LogP contribution in [0.15, 0.2) is 29.0 Å². The van der Waals surface area contributed by atoms with E-state index in [2.05, 4.69) is 12.2 Å². The molecule has 10 nitrogen and oxygen atoms in total. The zero-order valence-electron chi connectivity index (χ0n) is 26.3. The molecule has 1 saturated carbocycles. The minimum atomic E-state index is -2.61. The van der Waals surface area contributed by atoms with Gasteiger partial charge in [0.25, 0.3) is 5.91 Å². The Balaban J connectivity index is 1.33. The summed E-state index contributed by atoms with van der Waals surface area (Å²) in [6.45, 7) is 2.23. The zero-order valence-corrected chi connectivity index (χ0v) is 26.3. The Bertz CT molecular complexity index is 1380. The van der Waals surface area contributed by atoms with Gasteiger partial charge in [0, 0.05) is 24.3 Å². The lowest BCUT2D eigenvalue weighted by Gasteiger charge is -2.46. The van der Waals surface area contributed by atoms with Crippen molar-refractivity contribution in [3.63, 3.8) is 0 Å². The van der Waals surface area contributed by atoms with Gasteiger partial charge in [0.1, 0.15) is 22.8 Å². The molecule has 1 aromatic rings. The highest BCUT2D eigenvalue weighted by Gasteiger charge is 2.60. The Labute approximate surface area is 264 Å². The van der Waals surface area contributed by atoms with Crippen LogP contribution in [0.4, 0.5) is 5.69 Å². The predicted octanol–water partition coefficient (Wildman–Crippen LogP) is 5.84. The number of unbranched alkanes of at least 4 members (excludes halogenated alkanes) is 12. The maximum absolute atomic E-state index is 13.6. The SMILES string of the molecule is CCCCCCCCCCCCCCCC(=O)Nc1ccc2c(c1O)C(O)=C1C(=O)[C@]3(O)C(O)=C(C(N)=O)C(=O)CC3CC1C2. The zero-order chi connectivity index (χ0) is 32.7. The number of hydrogen-bond donors (Lipinski definition) is 6. The van der Waals surface area contributed by atoms with Crippen LogP contribution >= 0.6 is 0 Å². The lowest BCUT2D eigenvalue weighted by Crippen LogP contribution is -2.58. The van der Waals surface area contributed by atoms with Crippen LogP contribution in [0.25, 0.3) is 5.76 Å². The molecule has 3 atom stereocenters. The number of aliphatic hydroxyl groups is 3. The van der Waals surface area contributed by atoms with Gasteiger partial charge in [-0.25, -0.2) is 0 Å². The highest BCUT2D eigenvalue weighted by Crippen LogP contribution is 2.52. The Morgan fingerprint density at radius 3 is 2.04 bits per heavy atom. The Morgan fingerprint density at radius 2 is 1.47 bits per heavy atom. The number of nitrogens with one attached hydrogen (secondary N) is 1.